The zero-order chi connectivity index (χ0) is 11.7. The maximum Gasteiger partial charge on any atom is 0.147 e. The molecule has 2 rings (SSSR count). The molecule has 3 heteroatoms. The molecule has 0 radical (unpaired) electrons. The summed E-state index contributed by atoms with van der Waals surface area (Å²) in [6, 6.07) is 6.34. The normalized spacial score (nSPS) is 25.5. The Morgan fingerprint density at radius 1 is 1.50 bits per heavy atom. The number of pyridine rings is 1. The average Bonchev–Trinajstić information content (AvgIpc) is 2.98. The number of ketones is 1. The Bertz CT molecular complexity index is 375. The van der Waals surface area contributed by atoms with Crippen LogP contribution in [0, 0.1) is 5.92 Å². The van der Waals surface area contributed by atoms with Crippen LogP contribution < -0.4 is 0 Å². The minimum absolute atomic E-state index is 0.0482. The van der Waals surface area contributed by atoms with Crippen LogP contribution in [-0.2, 0) is 4.79 Å². The molecular weight excluding hydrogens is 200 g/mol. The van der Waals surface area contributed by atoms with E-state index in [9.17, 15) is 4.79 Å². The first-order chi connectivity index (χ1) is 7.61. The maximum atomic E-state index is 11.6. The summed E-state index contributed by atoms with van der Waals surface area (Å²) in [6.07, 6.45) is 1.81. The molecule has 1 fully saturated rings. The second-order valence-electron chi connectivity index (χ2n) is 4.77. The van der Waals surface area contributed by atoms with Gasteiger partial charge in [0, 0.05) is 12.7 Å². The smallest absolute Gasteiger partial charge is 0.147 e. The SMILES string of the molecule is CC(=O)[C@H](C(C)C)N1C[C@H]1c1ccccn1. The molecule has 0 aromatic carbocycles. The van der Waals surface area contributed by atoms with Crippen LogP contribution in [0.3, 0.4) is 0 Å². The summed E-state index contributed by atoms with van der Waals surface area (Å²) in [7, 11) is 0. The van der Waals surface area contributed by atoms with Gasteiger partial charge in [0.1, 0.15) is 5.78 Å². The first-order valence-corrected chi connectivity index (χ1v) is 5.78. The van der Waals surface area contributed by atoms with E-state index >= 15 is 0 Å². The Balaban J connectivity index is 2.08. The highest BCUT2D eigenvalue weighted by Crippen LogP contribution is 2.37. The van der Waals surface area contributed by atoms with E-state index < -0.39 is 0 Å². The molecule has 0 saturated carbocycles. The third kappa shape index (κ3) is 2.14. The lowest BCUT2D eigenvalue weighted by molar-refractivity contribution is -0.121. The zero-order valence-corrected chi connectivity index (χ0v) is 10.1. The fourth-order valence-electron chi connectivity index (χ4n) is 2.38. The van der Waals surface area contributed by atoms with Gasteiger partial charge >= 0.3 is 0 Å². The van der Waals surface area contributed by atoms with Crippen LogP contribution in [0.2, 0.25) is 0 Å². The van der Waals surface area contributed by atoms with E-state index in [1.807, 2.05) is 24.4 Å². The third-order valence-electron chi connectivity index (χ3n) is 3.08. The molecule has 3 atom stereocenters. The molecule has 1 aliphatic rings. The van der Waals surface area contributed by atoms with Crippen molar-refractivity contribution in [3.63, 3.8) is 0 Å². The molecule has 2 heterocycles. The molecule has 0 bridgehead atoms. The van der Waals surface area contributed by atoms with Gasteiger partial charge in [-0.2, -0.15) is 0 Å². The number of rotatable bonds is 4. The van der Waals surface area contributed by atoms with Crippen molar-refractivity contribution in [1.29, 1.82) is 0 Å². The fourth-order valence-corrected chi connectivity index (χ4v) is 2.38. The van der Waals surface area contributed by atoms with Crippen LogP contribution in [0.4, 0.5) is 0 Å². The minimum Gasteiger partial charge on any atom is -0.298 e. The van der Waals surface area contributed by atoms with Gasteiger partial charge in [-0.1, -0.05) is 19.9 Å². The summed E-state index contributed by atoms with van der Waals surface area (Å²) in [6.45, 7) is 6.83. The first-order valence-electron chi connectivity index (χ1n) is 5.78. The topological polar surface area (TPSA) is 33.0 Å². The van der Waals surface area contributed by atoms with Crippen molar-refractivity contribution in [3.05, 3.63) is 30.1 Å². The monoisotopic (exact) mass is 218 g/mol. The molecule has 0 spiro atoms. The number of aromatic nitrogens is 1. The van der Waals surface area contributed by atoms with E-state index in [0.29, 0.717) is 12.0 Å². The van der Waals surface area contributed by atoms with Crippen LogP contribution in [0.15, 0.2) is 24.4 Å². The molecule has 16 heavy (non-hydrogen) atoms. The van der Waals surface area contributed by atoms with Crippen LogP contribution in [0.1, 0.15) is 32.5 Å². The van der Waals surface area contributed by atoms with Gasteiger partial charge in [0.2, 0.25) is 0 Å². The Hall–Kier alpha value is -1.22. The molecular formula is C13H18N2O. The lowest BCUT2D eigenvalue weighted by Crippen LogP contribution is -2.32. The predicted octanol–water partition coefficient (Wildman–Crippen LogP) is 2.05. The Kier molecular flexibility index (Phi) is 3.06. The summed E-state index contributed by atoms with van der Waals surface area (Å²) in [5.74, 6) is 0.625. The van der Waals surface area contributed by atoms with Crippen LogP contribution >= 0.6 is 0 Å². The number of Topliss-reactive ketones (excluding diaryl/α,β-unsaturated/α-hetero) is 1. The Morgan fingerprint density at radius 3 is 2.75 bits per heavy atom. The number of hydrogen-bond donors (Lipinski definition) is 0. The van der Waals surface area contributed by atoms with E-state index in [0.717, 1.165) is 12.2 Å². The summed E-state index contributed by atoms with van der Waals surface area (Å²) < 4.78 is 0. The molecule has 86 valence electrons. The van der Waals surface area contributed by atoms with E-state index in [1.54, 1.807) is 6.92 Å². The van der Waals surface area contributed by atoms with E-state index in [1.165, 1.54) is 0 Å². The van der Waals surface area contributed by atoms with E-state index in [2.05, 4.69) is 23.7 Å². The Labute approximate surface area is 96.5 Å². The standard InChI is InChI=1S/C13H18N2O/c1-9(2)13(10(3)16)15-8-12(15)11-6-4-5-7-14-11/h4-7,9,12-13H,8H2,1-3H3/t12-,13-,15?/m0/s1. The fraction of sp³-hybridized carbons (Fsp3) is 0.538. The van der Waals surface area contributed by atoms with Gasteiger partial charge in [0.25, 0.3) is 0 Å². The van der Waals surface area contributed by atoms with E-state index in [4.69, 9.17) is 0 Å². The molecule has 0 N–H and O–H groups in total. The summed E-state index contributed by atoms with van der Waals surface area (Å²) in [5.41, 5.74) is 1.08. The number of carbonyl (C=O) groups is 1. The highest BCUT2D eigenvalue weighted by atomic mass is 16.1. The minimum atomic E-state index is 0.0482. The second-order valence-corrected chi connectivity index (χ2v) is 4.77. The van der Waals surface area contributed by atoms with Gasteiger partial charge in [-0.15, -0.1) is 0 Å². The van der Waals surface area contributed by atoms with Gasteiger partial charge in [0.05, 0.1) is 17.8 Å². The largest absolute Gasteiger partial charge is 0.298 e. The molecule has 1 unspecified atom stereocenters. The average molecular weight is 218 g/mol. The second kappa shape index (κ2) is 4.34. The molecule has 1 aromatic rings. The van der Waals surface area contributed by atoms with Crippen LogP contribution in [0.25, 0.3) is 0 Å². The van der Waals surface area contributed by atoms with Crippen molar-refractivity contribution in [2.75, 3.05) is 6.54 Å². The van der Waals surface area contributed by atoms with Crippen LogP contribution in [-0.4, -0.2) is 28.3 Å². The van der Waals surface area contributed by atoms with Crippen molar-refractivity contribution in [2.24, 2.45) is 5.92 Å². The maximum absolute atomic E-state index is 11.6. The molecule has 1 saturated heterocycles. The molecule has 1 aromatic heterocycles. The number of hydrogen-bond acceptors (Lipinski definition) is 3. The molecule has 3 nitrogen and oxygen atoms in total. The first kappa shape index (κ1) is 11.3. The van der Waals surface area contributed by atoms with E-state index in [-0.39, 0.29) is 11.8 Å². The van der Waals surface area contributed by atoms with Gasteiger partial charge in [0.15, 0.2) is 0 Å². The molecule has 1 aliphatic heterocycles. The zero-order valence-electron chi connectivity index (χ0n) is 10.1. The number of carbonyl (C=O) groups excluding carboxylic acids is 1. The van der Waals surface area contributed by atoms with Crippen molar-refractivity contribution < 1.29 is 4.79 Å². The van der Waals surface area contributed by atoms with Crippen molar-refractivity contribution in [2.45, 2.75) is 32.9 Å². The van der Waals surface area contributed by atoms with Crippen molar-refractivity contribution in [3.8, 4) is 0 Å². The lowest BCUT2D eigenvalue weighted by Gasteiger charge is -2.19. The van der Waals surface area contributed by atoms with Gasteiger partial charge in [-0.05, 0) is 25.0 Å². The van der Waals surface area contributed by atoms with Gasteiger partial charge in [-0.3, -0.25) is 14.7 Å². The number of nitrogens with zero attached hydrogens (tertiary/aromatic N) is 2. The quantitative estimate of drug-likeness (QED) is 0.725. The highest BCUT2D eigenvalue weighted by molar-refractivity contribution is 5.82. The molecule has 0 amide bonds. The summed E-state index contributed by atoms with van der Waals surface area (Å²) >= 11 is 0. The molecule has 0 aliphatic carbocycles. The highest BCUT2D eigenvalue weighted by Gasteiger charge is 2.44. The Morgan fingerprint density at radius 2 is 2.25 bits per heavy atom. The summed E-state index contributed by atoms with van der Waals surface area (Å²) in [4.78, 5) is 18.2. The lowest BCUT2D eigenvalue weighted by atomic mass is 10.0. The van der Waals surface area contributed by atoms with Crippen LogP contribution in [0.5, 0.6) is 0 Å². The van der Waals surface area contributed by atoms with Crippen molar-refractivity contribution in [1.82, 2.24) is 9.88 Å². The predicted molar refractivity (Wildman–Crippen MR) is 63.0 cm³/mol. The van der Waals surface area contributed by atoms with Crippen molar-refractivity contribution >= 4 is 5.78 Å². The van der Waals surface area contributed by atoms with Gasteiger partial charge < -0.3 is 0 Å². The summed E-state index contributed by atoms with van der Waals surface area (Å²) in [5, 5.41) is 0. The third-order valence-corrected chi connectivity index (χ3v) is 3.08. The van der Waals surface area contributed by atoms with Gasteiger partial charge in [-0.25, -0.2) is 0 Å².